The Labute approximate surface area is 514 Å². The SMILES string of the molecule is CCCCC/C=C\C/C=C\C/C=C\C/C=C\CCCCCCCCCCCCCC(=O)OC1C(OCC(NC(=O)C(O)CCCCCCCC/C=C\C/C=C\CCCCC)C(O)/C=C/CCCCCCCCCCCC)OC(CO)C(O)C1O. The third kappa shape index (κ3) is 47.0. The Balaban J connectivity index is 2.57. The van der Waals surface area contributed by atoms with E-state index in [-0.39, 0.29) is 19.4 Å². The van der Waals surface area contributed by atoms with Gasteiger partial charge >= 0.3 is 5.97 Å². The van der Waals surface area contributed by atoms with Crippen molar-refractivity contribution in [2.75, 3.05) is 13.2 Å². The van der Waals surface area contributed by atoms with E-state index >= 15 is 0 Å². The Morgan fingerprint density at radius 3 is 1.25 bits per heavy atom. The molecule has 8 atom stereocenters. The van der Waals surface area contributed by atoms with Crippen LogP contribution in [0.3, 0.4) is 0 Å². The number of aliphatic hydroxyl groups is 5. The number of unbranched alkanes of at least 4 members (excludes halogenated alkanes) is 33. The normalized spacial score (nSPS) is 19.0. The fraction of sp³-hybridized carbons (Fsp3) is 0.781. The van der Waals surface area contributed by atoms with Crippen molar-refractivity contribution in [3.8, 4) is 0 Å². The summed E-state index contributed by atoms with van der Waals surface area (Å²) >= 11 is 0. The quantitative estimate of drug-likeness (QED) is 0.0195. The van der Waals surface area contributed by atoms with Gasteiger partial charge in [-0.1, -0.05) is 279 Å². The number of nitrogens with one attached hydrogen (secondary N) is 1. The number of amides is 1. The van der Waals surface area contributed by atoms with Crippen LogP contribution in [0.2, 0.25) is 0 Å². The maximum Gasteiger partial charge on any atom is 0.306 e. The molecule has 0 aromatic heterocycles. The predicted octanol–water partition coefficient (Wildman–Crippen LogP) is 17.7. The fourth-order valence-corrected chi connectivity index (χ4v) is 10.5. The van der Waals surface area contributed by atoms with E-state index in [1.165, 1.54) is 148 Å². The molecule has 1 rings (SSSR count). The van der Waals surface area contributed by atoms with E-state index < -0.39 is 67.4 Å². The molecule has 11 nitrogen and oxygen atoms in total. The Kier molecular flexibility index (Phi) is 56.5. The summed E-state index contributed by atoms with van der Waals surface area (Å²) < 4.78 is 17.7. The zero-order valence-electron chi connectivity index (χ0n) is 54.0. The van der Waals surface area contributed by atoms with Crippen molar-refractivity contribution in [3.05, 3.63) is 85.1 Å². The second kappa shape index (κ2) is 60.1. The number of allylic oxidation sites excluding steroid dienone is 13. The molecule has 0 aromatic carbocycles. The van der Waals surface area contributed by atoms with Crippen LogP contribution in [-0.4, -0.2) is 99.6 Å². The lowest BCUT2D eigenvalue weighted by Gasteiger charge is -2.41. The van der Waals surface area contributed by atoms with Crippen molar-refractivity contribution in [1.82, 2.24) is 5.32 Å². The van der Waals surface area contributed by atoms with Gasteiger partial charge in [-0.3, -0.25) is 9.59 Å². The summed E-state index contributed by atoms with van der Waals surface area (Å²) in [5, 5.41) is 57.2. The molecule has 0 aliphatic carbocycles. The molecule has 1 saturated heterocycles. The third-order valence-electron chi connectivity index (χ3n) is 16.0. The molecule has 486 valence electrons. The summed E-state index contributed by atoms with van der Waals surface area (Å²) in [7, 11) is 0. The van der Waals surface area contributed by atoms with Crippen LogP contribution < -0.4 is 5.32 Å². The summed E-state index contributed by atoms with van der Waals surface area (Å²) in [4.78, 5) is 26.6. The van der Waals surface area contributed by atoms with Gasteiger partial charge in [-0.15, -0.1) is 0 Å². The molecule has 0 bridgehead atoms. The van der Waals surface area contributed by atoms with Crippen LogP contribution >= 0.6 is 0 Å². The molecular formula is C73H129NO10. The Morgan fingerprint density at radius 1 is 0.464 bits per heavy atom. The smallest absolute Gasteiger partial charge is 0.306 e. The van der Waals surface area contributed by atoms with Crippen molar-refractivity contribution < 1.29 is 49.3 Å². The minimum absolute atomic E-state index is 0.116. The van der Waals surface area contributed by atoms with Gasteiger partial charge in [0.1, 0.15) is 24.4 Å². The van der Waals surface area contributed by atoms with E-state index in [0.29, 0.717) is 12.8 Å². The highest BCUT2D eigenvalue weighted by Gasteiger charge is 2.47. The van der Waals surface area contributed by atoms with Gasteiger partial charge < -0.3 is 45.1 Å². The van der Waals surface area contributed by atoms with Gasteiger partial charge in [0.25, 0.3) is 0 Å². The molecule has 0 spiro atoms. The van der Waals surface area contributed by atoms with Gasteiger partial charge in [0.15, 0.2) is 12.4 Å². The molecule has 84 heavy (non-hydrogen) atoms. The van der Waals surface area contributed by atoms with Gasteiger partial charge in [0.2, 0.25) is 5.91 Å². The van der Waals surface area contributed by atoms with E-state index in [1.54, 1.807) is 6.08 Å². The summed E-state index contributed by atoms with van der Waals surface area (Å²) in [5.74, 6) is -1.20. The van der Waals surface area contributed by atoms with E-state index in [2.05, 4.69) is 99.0 Å². The molecular weight excluding hydrogens is 1050 g/mol. The number of esters is 1. The number of hydrogen-bond donors (Lipinski definition) is 6. The van der Waals surface area contributed by atoms with Crippen LogP contribution in [0, 0.1) is 0 Å². The van der Waals surface area contributed by atoms with E-state index in [0.717, 1.165) is 109 Å². The Bertz CT molecular complexity index is 1690. The highest BCUT2D eigenvalue weighted by Crippen LogP contribution is 2.26. The van der Waals surface area contributed by atoms with E-state index in [9.17, 15) is 35.1 Å². The van der Waals surface area contributed by atoms with Gasteiger partial charge in [0, 0.05) is 6.42 Å². The summed E-state index contributed by atoms with van der Waals surface area (Å²) in [6, 6.07) is -1.03. The van der Waals surface area contributed by atoms with Crippen molar-refractivity contribution >= 4 is 11.9 Å². The first kappa shape index (κ1) is 78.9. The van der Waals surface area contributed by atoms with E-state index in [1.807, 2.05) is 6.08 Å². The minimum Gasteiger partial charge on any atom is -0.454 e. The van der Waals surface area contributed by atoms with Crippen molar-refractivity contribution in [2.45, 2.75) is 352 Å². The first-order valence-electron chi connectivity index (χ1n) is 34.9. The average Bonchev–Trinajstić information content (AvgIpc) is 3.69. The molecule has 11 heteroatoms. The molecule has 6 N–H and O–H groups in total. The Hall–Kier alpha value is -3.16. The molecule has 0 radical (unpaired) electrons. The minimum atomic E-state index is -1.62. The summed E-state index contributed by atoms with van der Waals surface area (Å²) in [6.45, 7) is 5.75. The first-order chi connectivity index (χ1) is 41.2. The zero-order valence-corrected chi connectivity index (χ0v) is 54.0. The summed E-state index contributed by atoms with van der Waals surface area (Å²) in [5.41, 5.74) is 0. The van der Waals surface area contributed by atoms with Crippen molar-refractivity contribution in [3.63, 3.8) is 0 Å². The highest BCUT2D eigenvalue weighted by molar-refractivity contribution is 5.80. The monoisotopic (exact) mass is 1180 g/mol. The molecule has 8 unspecified atom stereocenters. The van der Waals surface area contributed by atoms with Crippen LogP contribution in [-0.2, 0) is 23.8 Å². The second-order valence-corrected chi connectivity index (χ2v) is 23.9. The van der Waals surface area contributed by atoms with Gasteiger partial charge in [-0.25, -0.2) is 0 Å². The second-order valence-electron chi connectivity index (χ2n) is 23.9. The molecule has 1 heterocycles. The lowest BCUT2D eigenvalue weighted by Crippen LogP contribution is -2.61. The highest BCUT2D eigenvalue weighted by atomic mass is 16.7. The molecule has 1 aliphatic rings. The molecule has 1 fully saturated rings. The predicted molar refractivity (Wildman–Crippen MR) is 352 cm³/mol. The first-order valence-corrected chi connectivity index (χ1v) is 34.9. The molecule has 1 aliphatic heterocycles. The topological polar surface area (TPSA) is 175 Å². The number of aliphatic hydroxyl groups excluding tert-OH is 5. The standard InChI is InChI=1S/C73H129NO10/c1-4-7-10-13-16-19-22-25-27-29-30-31-32-33-34-35-36-37-38-39-41-43-46-49-52-55-58-61-68(78)84-71-70(80)69(79)67(62-75)83-73(71)82-63-64(65(76)59-56-53-50-47-44-24-21-18-15-12-9-6-3)74-72(81)66(77)60-57-54-51-48-45-42-40-28-26-23-20-17-14-11-8-5-2/h16-17,19-20,25-28,30-31,33-34,56,59,64-67,69-71,73,75-77,79-80H,4-15,18,21-24,29,32,35-55,57-58,60-63H2,1-3H3,(H,74,81)/b19-16-,20-17-,27-25-,28-26-,31-30-,34-33-,59-56+. The van der Waals surface area contributed by atoms with Gasteiger partial charge in [-0.2, -0.15) is 0 Å². The zero-order chi connectivity index (χ0) is 61.0. The number of rotatable bonds is 59. The molecule has 0 saturated carbocycles. The van der Waals surface area contributed by atoms with Crippen molar-refractivity contribution in [1.29, 1.82) is 0 Å². The van der Waals surface area contributed by atoms with Crippen LogP contribution in [0.1, 0.15) is 303 Å². The molecule has 0 aromatic rings. The fourth-order valence-electron chi connectivity index (χ4n) is 10.5. The van der Waals surface area contributed by atoms with Crippen LogP contribution in [0.25, 0.3) is 0 Å². The van der Waals surface area contributed by atoms with Gasteiger partial charge in [0.05, 0.1) is 25.4 Å². The largest absolute Gasteiger partial charge is 0.454 e. The number of carbonyl (C=O) groups excluding carboxylic acids is 2. The number of ether oxygens (including phenoxy) is 3. The van der Waals surface area contributed by atoms with Gasteiger partial charge in [-0.05, 0) is 103 Å². The number of carbonyl (C=O) groups is 2. The maximum atomic E-state index is 13.4. The van der Waals surface area contributed by atoms with Crippen molar-refractivity contribution in [2.24, 2.45) is 0 Å². The summed E-state index contributed by atoms with van der Waals surface area (Å²) in [6.07, 6.45) is 69.0. The van der Waals surface area contributed by atoms with E-state index in [4.69, 9.17) is 14.2 Å². The molecule has 1 amide bonds. The van der Waals surface area contributed by atoms with Crippen LogP contribution in [0.5, 0.6) is 0 Å². The lowest BCUT2D eigenvalue weighted by atomic mass is 9.99. The third-order valence-corrected chi connectivity index (χ3v) is 16.0. The number of hydrogen-bond acceptors (Lipinski definition) is 10. The Morgan fingerprint density at radius 2 is 0.821 bits per heavy atom. The average molecular weight is 1180 g/mol. The lowest BCUT2D eigenvalue weighted by molar-refractivity contribution is -0.305. The van der Waals surface area contributed by atoms with Crippen LogP contribution in [0.4, 0.5) is 0 Å². The maximum absolute atomic E-state index is 13.4. The van der Waals surface area contributed by atoms with Crippen LogP contribution in [0.15, 0.2) is 85.1 Å².